The molecule has 8 heteroatoms. The number of sulfonamides is 1. The van der Waals surface area contributed by atoms with E-state index in [1.165, 1.54) is 7.11 Å². The summed E-state index contributed by atoms with van der Waals surface area (Å²) >= 11 is 0. The topological polar surface area (TPSA) is 84.9 Å². The first-order valence-electron chi connectivity index (χ1n) is 10.4. The summed E-state index contributed by atoms with van der Waals surface area (Å²) in [5, 5.41) is 2.85. The first-order valence-corrected chi connectivity index (χ1v) is 12.2. The first kappa shape index (κ1) is 24.5. The molecule has 2 aromatic carbocycles. The number of para-hydroxylation sites is 1. The van der Waals surface area contributed by atoms with Crippen LogP contribution in [-0.4, -0.2) is 46.9 Å². The Morgan fingerprint density at radius 3 is 2.58 bits per heavy atom. The van der Waals surface area contributed by atoms with Crippen LogP contribution >= 0.6 is 0 Å². The molecule has 7 nitrogen and oxygen atoms in total. The van der Waals surface area contributed by atoms with E-state index in [4.69, 9.17) is 9.47 Å². The SMILES string of the molecule is CCCOc1ccccc1CCCNC(=O)[C@H](C)N(c1cccc(OC)c1)S(C)(=O)=O. The molecular formula is C23H32N2O5S. The molecule has 0 heterocycles. The number of nitrogens with zero attached hydrogens (tertiary/aromatic N) is 1. The third-order valence-corrected chi connectivity index (χ3v) is 5.99. The number of hydrogen-bond donors (Lipinski definition) is 1. The van der Waals surface area contributed by atoms with Crippen LogP contribution < -0.4 is 19.1 Å². The maximum atomic E-state index is 12.7. The van der Waals surface area contributed by atoms with Crippen LogP contribution in [0.25, 0.3) is 0 Å². The molecule has 31 heavy (non-hydrogen) atoms. The minimum absolute atomic E-state index is 0.358. The average Bonchev–Trinajstić information content (AvgIpc) is 2.75. The Labute approximate surface area is 185 Å². The second-order valence-corrected chi connectivity index (χ2v) is 9.15. The number of benzene rings is 2. The van der Waals surface area contributed by atoms with E-state index in [-0.39, 0.29) is 5.91 Å². The molecule has 0 aliphatic carbocycles. The summed E-state index contributed by atoms with van der Waals surface area (Å²) in [5.41, 5.74) is 1.47. The highest BCUT2D eigenvalue weighted by atomic mass is 32.2. The van der Waals surface area contributed by atoms with E-state index in [1.54, 1.807) is 31.2 Å². The lowest BCUT2D eigenvalue weighted by Crippen LogP contribution is -2.48. The fourth-order valence-corrected chi connectivity index (χ4v) is 4.42. The van der Waals surface area contributed by atoms with Crippen molar-refractivity contribution >= 4 is 21.6 Å². The van der Waals surface area contributed by atoms with Crippen molar-refractivity contribution in [3.8, 4) is 11.5 Å². The van der Waals surface area contributed by atoms with E-state index in [1.807, 2.05) is 24.3 Å². The van der Waals surface area contributed by atoms with Crippen molar-refractivity contribution in [1.82, 2.24) is 5.32 Å². The largest absolute Gasteiger partial charge is 0.497 e. The Hall–Kier alpha value is -2.74. The number of methoxy groups -OCH3 is 1. The molecule has 0 fully saturated rings. The van der Waals surface area contributed by atoms with Crippen LogP contribution in [-0.2, 0) is 21.2 Å². The number of ether oxygens (including phenoxy) is 2. The van der Waals surface area contributed by atoms with Gasteiger partial charge in [0.05, 0.1) is 25.7 Å². The number of anilines is 1. The molecule has 0 aliphatic heterocycles. The Morgan fingerprint density at radius 2 is 1.90 bits per heavy atom. The van der Waals surface area contributed by atoms with Crippen molar-refractivity contribution in [2.24, 2.45) is 0 Å². The molecule has 0 saturated carbocycles. The minimum Gasteiger partial charge on any atom is -0.497 e. The third kappa shape index (κ3) is 7.17. The predicted molar refractivity (Wildman–Crippen MR) is 123 cm³/mol. The Bertz CT molecular complexity index is 962. The number of carbonyl (C=O) groups excluding carboxylic acids is 1. The normalized spacial score (nSPS) is 12.1. The summed E-state index contributed by atoms with van der Waals surface area (Å²) < 4.78 is 36.9. The summed E-state index contributed by atoms with van der Waals surface area (Å²) in [6.07, 6.45) is 3.49. The highest BCUT2D eigenvalue weighted by molar-refractivity contribution is 7.92. The van der Waals surface area contributed by atoms with Gasteiger partial charge in [-0.1, -0.05) is 31.2 Å². The summed E-state index contributed by atoms with van der Waals surface area (Å²) in [4.78, 5) is 12.7. The van der Waals surface area contributed by atoms with Crippen molar-refractivity contribution in [2.45, 2.75) is 39.2 Å². The van der Waals surface area contributed by atoms with Gasteiger partial charge < -0.3 is 14.8 Å². The molecule has 0 bridgehead atoms. The molecule has 0 saturated heterocycles. The molecule has 0 unspecified atom stereocenters. The monoisotopic (exact) mass is 448 g/mol. The maximum absolute atomic E-state index is 12.7. The molecule has 0 aromatic heterocycles. The minimum atomic E-state index is -3.67. The highest BCUT2D eigenvalue weighted by Gasteiger charge is 2.29. The zero-order chi connectivity index (χ0) is 22.9. The van der Waals surface area contributed by atoms with Crippen LogP contribution in [0.15, 0.2) is 48.5 Å². The van der Waals surface area contributed by atoms with Gasteiger partial charge in [0.15, 0.2) is 0 Å². The molecule has 1 amide bonds. The quantitative estimate of drug-likeness (QED) is 0.503. The average molecular weight is 449 g/mol. The van der Waals surface area contributed by atoms with Gasteiger partial charge in [-0.3, -0.25) is 9.10 Å². The lowest BCUT2D eigenvalue weighted by Gasteiger charge is -2.28. The number of rotatable bonds is 12. The van der Waals surface area contributed by atoms with Gasteiger partial charge in [0, 0.05) is 12.6 Å². The second kappa shape index (κ2) is 11.6. The van der Waals surface area contributed by atoms with Crippen molar-refractivity contribution in [3.63, 3.8) is 0 Å². The van der Waals surface area contributed by atoms with Crippen LogP contribution in [0.1, 0.15) is 32.3 Å². The molecule has 170 valence electrons. The van der Waals surface area contributed by atoms with Crippen molar-refractivity contribution in [3.05, 3.63) is 54.1 Å². The van der Waals surface area contributed by atoms with Gasteiger partial charge in [0.2, 0.25) is 15.9 Å². The van der Waals surface area contributed by atoms with Gasteiger partial charge in [-0.05, 0) is 49.9 Å². The van der Waals surface area contributed by atoms with Gasteiger partial charge in [-0.25, -0.2) is 8.42 Å². The second-order valence-electron chi connectivity index (χ2n) is 7.29. The molecule has 2 aromatic rings. The van der Waals surface area contributed by atoms with Crippen molar-refractivity contribution < 1.29 is 22.7 Å². The predicted octanol–water partition coefficient (Wildman–Crippen LogP) is 3.39. The van der Waals surface area contributed by atoms with E-state index in [9.17, 15) is 13.2 Å². The number of amides is 1. The van der Waals surface area contributed by atoms with Crippen molar-refractivity contribution in [2.75, 3.05) is 30.8 Å². The van der Waals surface area contributed by atoms with Gasteiger partial charge in [-0.2, -0.15) is 0 Å². The number of carbonyl (C=O) groups is 1. The van der Waals surface area contributed by atoms with Gasteiger partial charge in [-0.15, -0.1) is 0 Å². The van der Waals surface area contributed by atoms with Crippen LogP contribution in [0.2, 0.25) is 0 Å². The van der Waals surface area contributed by atoms with Gasteiger partial charge in [0.25, 0.3) is 0 Å². The molecule has 0 aliphatic rings. The Balaban J connectivity index is 1.99. The smallest absolute Gasteiger partial charge is 0.243 e. The van der Waals surface area contributed by atoms with Gasteiger partial charge >= 0.3 is 0 Å². The molecule has 1 N–H and O–H groups in total. The summed E-state index contributed by atoms with van der Waals surface area (Å²) in [7, 11) is -2.17. The lowest BCUT2D eigenvalue weighted by atomic mass is 10.1. The number of aryl methyl sites for hydroxylation is 1. The standard InChI is InChI=1S/C23H32N2O5S/c1-5-16-30-22-14-7-6-10-19(22)11-9-15-24-23(26)18(2)25(31(4,27)28)20-12-8-13-21(17-20)29-3/h6-8,10,12-14,17-18H,5,9,11,15-16H2,1-4H3,(H,24,26)/t18-/m0/s1. The van der Waals surface area contributed by atoms with E-state index in [2.05, 4.69) is 12.2 Å². The third-order valence-electron chi connectivity index (χ3n) is 4.75. The first-order chi connectivity index (χ1) is 14.8. The molecule has 1 atom stereocenters. The van der Waals surface area contributed by atoms with E-state index < -0.39 is 16.1 Å². The van der Waals surface area contributed by atoms with Crippen molar-refractivity contribution in [1.29, 1.82) is 0 Å². The van der Waals surface area contributed by atoms with Crippen LogP contribution in [0.5, 0.6) is 11.5 Å². The molecule has 0 radical (unpaired) electrons. The number of nitrogens with one attached hydrogen (secondary N) is 1. The number of hydrogen-bond acceptors (Lipinski definition) is 5. The van der Waals surface area contributed by atoms with E-state index in [0.717, 1.165) is 34.7 Å². The summed E-state index contributed by atoms with van der Waals surface area (Å²) in [6.45, 7) is 4.73. The summed E-state index contributed by atoms with van der Waals surface area (Å²) in [6, 6.07) is 13.6. The Morgan fingerprint density at radius 1 is 1.16 bits per heavy atom. The zero-order valence-electron chi connectivity index (χ0n) is 18.6. The fourth-order valence-electron chi connectivity index (χ4n) is 3.26. The van der Waals surface area contributed by atoms with Crippen LogP contribution in [0.4, 0.5) is 5.69 Å². The lowest BCUT2D eigenvalue weighted by molar-refractivity contribution is -0.121. The molecule has 0 spiro atoms. The maximum Gasteiger partial charge on any atom is 0.243 e. The fraction of sp³-hybridized carbons (Fsp3) is 0.435. The van der Waals surface area contributed by atoms with Gasteiger partial charge in [0.1, 0.15) is 17.5 Å². The Kier molecular flexibility index (Phi) is 9.18. The highest BCUT2D eigenvalue weighted by Crippen LogP contribution is 2.25. The van der Waals surface area contributed by atoms with Crippen LogP contribution in [0.3, 0.4) is 0 Å². The van der Waals surface area contributed by atoms with E-state index in [0.29, 0.717) is 31.0 Å². The molecule has 2 rings (SSSR count). The van der Waals surface area contributed by atoms with E-state index >= 15 is 0 Å². The zero-order valence-corrected chi connectivity index (χ0v) is 19.4. The van der Waals surface area contributed by atoms with Crippen LogP contribution in [0, 0.1) is 0 Å². The molecular weight excluding hydrogens is 416 g/mol. The summed E-state index contributed by atoms with van der Waals surface area (Å²) in [5.74, 6) is 1.02.